The van der Waals surface area contributed by atoms with E-state index in [9.17, 15) is 24.8 Å². The van der Waals surface area contributed by atoms with E-state index in [0.717, 1.165) is 36.3 Å². The molecule has 0 aromatic heterocycles. The van der Waals surface area contributed by atoms with Crippen LogP contribution in [-0.4, -0.2) is 33.7 Å². The molecule has 1 spiro atoms. The van der Waals surface area contributed by atoms with Gasteiger partial charge in [0.2, 0.25) is 0 Å². The summed E-state index contributed by atoms with van der Waals surface area (Å²) in [6.45, 7) is 0. The van der Waals surface area contributed by atoms with Gasteiger partial charge in [0, 0.05) is 24.1 Å². The molecule has 2 aromatic carbocycles. The van der Waals surface area contributed by atoms with Gasteiger partial charge in [0.25, 0.3) is 5.69 Å². The van der Waals surface area contributed by atoms with Gasteiger partial charge >= 0.3 is 6.16 Å². The molecule has 4 aliphatic carbocycles. The summed E-state index contributed by atoms with van der Waals surface area (Å²) in [7, 11) is 0. The molecule has 5 atom stereocenters. The molecule has 7 rings (SSSR count). The number of carbonyl (C=O) groups excluding carboxylic acids is 2. The molecule has 9 heteroatoms. The van der Waals surface area contributed by atoms with Gasteiger partial charge in [-0.2, -0.15) is 0 Å². The van der Waals surface area contributed by atoms with Crippen LogP contribution >= 0.6 is 0 Å². The number of Topliss-reactive ketones (excluding diaryl/α,β-unsaturated/α-hetero) is 1. The number of non-ortho nitro benzene ring substituents is 1. The molecule has 2 aromatic rings. The second-order valence-corrected chi connectivity index (χ2v) is 11.3. The summed E-state index contributed by atoms with van der Waals surface area (Å²) in [5, 5.41) is 23.2. The zero-order chi connectivity index (χ0) is 25.5. The van der Waals surface area contributed by atoms with E-state index in [0.29, 0.717) is 24.5 Å². The molecule has 3 fully saturated rings. The van der Waals surface area contributed by atoms with Gasteiger partial charge < -0.3 is 19.3 Å². The van der Waals surface area contributed by atoms with Crippen molar-refractivity contribution in [2.24, 2.45) is 17.8 Å². The van der Waals surface area contributed by atoms with Crippen LogP contribution in [0.3, 0.4) is 0 Å². The monoisotopic (exact) mass is 505 g/mol. The molecule has 0 unspecified atom stereocenters. The molecule has 1 aliphatic heterocycles. The van der Waals surface area contributed by atoms with Gasteiger partial charge in [-0.25, -0.2) is 4.79 Å². The smallest absolute Gasteiger partial charge is 0.477 e. The maximum absolute atomic E-state index is 13.2. The van der Waals surface area contributed by atoms with Gasteiger partial charge in [-0.1, -0.05) is 18.9 Å². The van der Waals surface area contributed by atoms with E-state index in [2.05, 4.69) is 0 Å². The summed E-state index contributed by atoms with van der Waals surface area (Å²) in [5.74, 6) is 1.84. The van der Waals surface area contributed by atoms with E-state index >= 15 is 0 Å². The zero-order valence-corrected chi connectivity index (χ0v) is 20.2. The van der Waals surface area contributed by atoms with Gasteiger partial charge in [0.1, 0.15) is 5.75 Å². The Hall–Kier alpha value is -3.46. The molecule has 1 N–H and O–H groups in total. The normalized spacial score (nSPS) is 32.8. The lowest BCUT2D eigenvalue weighted by atomic mass is 9.43. The number of hydrogen-bond acceptors (Lipinski definition) is 8. The number of hydrogen-bond donors (Lipinski definition) is 1. The summed E-state index contributed by atoms with van der Waals surface area (Å²) in [6.07, 6.45) is 4.91. The first kappa shape index (κ1) is 22.7. The minimum absolute atomic E-state index is 0.0208. The largest absolute Gasteiger partial charge is 0.519 e. The fourth-order valence-electron chi connectivity index (χ4n) is 7.73. The van der Waals surface area contributed by atoms with Crippen molar-refractivity contribution in [1.82, 2.24) is 0 Å². The van der Waals surface area contributed by atoms with E-state index < -0.39 is 28.2 Å². The number of benzene rings is 2. The Bertz CT molecular complexity index is 1330. The van der Waals surface area contributed by atoms with Gasteiger partial charge in [-0.3, -0.25) is 14.9 Å². The summed E-state index contributed by atoms with van der Waals surface area (Å²) < 4.78 is 17.0. The maximum atomic E-state index is 13.2. The first-order valence-corrected chi connectivity index (χ1v) is 13.0. The highest BCUT2D eigenvalue weighted by molar-refractivity contribution is 5.90. The van der Waals surface area contributed by atoms with Crippen molar-refractivity contribution in [2.75, 3.05) is 0 Å². The molecule has 37 heavy (non-hydrogen) atoms. The summed E-state index contributed by atoms with van der Waals surface area (Å²) in [4.78, 5) is 36.1. The Morgan fingerprint density at radius 3 is 2.62 bits per heavy atom. The first-order chi connectivity index (χ1) is 17.8. The Morgan fingerprint density at radius 1 is 1.11 bits per heavy atom. The van der Waals surface area contributed by atoms with Crippen molar-refractivity contribution in [1.29, 1.82) is 0 Å². The van der Waals surface area contributed by atoms with Crippen LogP contribution in [0.25, 0.3) is 0 Å². The van der Waals surface area contributed by atoms with E-state index in [4.69, 9.17) is 14.2 Å². The summed E-state index contributed by atoms with van der Waals surface area (Å²) in [5.41, 5.74) is -0.105. The SMILES string of the molecule is O=C(Oc1ccc([N+](=O)[O-])cc1)Oc1ccc2c3c1O[C@H]1C(=O)CC[C@@]4(O)[C@@H](C2)[C@@H](CC2CC2)CC[C@]314. The van der Waals surface area contributed by atoms with Gasteiger partial charge in [0.15, 0.2) is 23.4 Å². The van der Waals surface area contributed by atoms with Crippen LogP contribution in [0.4, 0.5) is 10.5 Å². The van der Waals surface area contributed by atoms with Crippen LogP contribution < -0.4 is 14.2 Å². The van der Waals surface area contributed by atoms with Crippen molar-refractivity contribution in [2.45, 2.75) is 68.5 Å². The molecule has 0 radical (unpaired) electrons. The topological polar surface area (TPSA) is 125 Å². The quantitative estimate of drug-likeness (QED) is 0.269. The lowest BCUT2D eigenvalue weighted by molar-refractivity contribution is -0.384. The van der Waals surface area contributed by atoms with Crippen LogP contribution in [0.2, 0.25) is 0 Å². The third-order valence-corrected chi connectivity index (χ3v) is 9.46. The number of ether oxygens (including phenoxy) is 3. The Balaban J connectivity index is 1.22. The number of nitro benzene ring substituents is 1. The third-order valence-electron chi connectivity index (χ3n) is 9.46. The van der Waals surface area contributed by atoms with Gasteiger partial charge in [-0.15, -0.1) is 0 Å². The van der Waals surface area contributed by atoms with Crippen molar-refractivity contribution in [3.63, 3.8) is 0 Å². The van der Waals surface area contributed by atoms with Crippen molar-refractivity contribution in [3.05, 3.63) is 57.6 Å². The Kier molecular flexibility index (Phi) is 4.77. The standard InChI is InChI=1S/C28H27NO8/c30-21-10-12-28(32)20-14-17-3-8-22(36-26(31)35-19-6-4-18(5-7-19)29(33)34)24-23(17)27(28,25(21)37-24)11-9-16(20)13-15-1-2-15/h3-8,15-16,20,25,32H,1-2,9-14H2/t16-,20+,25+,27+,28-/m1/s1. The van der Waals surface area contributed by atoms with Crippen molar-refractivity contribution in [3.8, 4) is 17.2 Å². The minimum Gasteiger partial charge on any atom is -0.477 e. The Morgan fingerprint density at radius 2 is 1.89 bits per heavy atom. The van der Waals surface area contributed by atoms with E-state index in [1.165, 1.54) is 37.1 Å². The molecule has 0 saturated heterocycles. The van der Waals surface area contributed by atoms with Crippen molar-refractivity contribution < 1.29 is 33.8 Å². The number of aliphatic hydroxyl groups is 1. The third kappa shape index (κ3) is 3.19. The van der Waals surface area contributed by atoms with E-state index in [1.807, 2.05) is 6.07 Å². The molecule has 5 aliphatic rings. The lowest BCUT2D eigenvalue weighted by Gasteiger charge is -2.61. The van der Waals surface area contributed by atoms with E-state index in [1.54, 1.807) is 6.07 Å². The molecule has 0 amide bonds. The highest BCUT2D eigenvalue weighted by Crippen LogP contribution is 2.68. The summed E-state index contributed by atoms with van der Waals surface area (Å²) >= 11 is 0. The van der Waals surface area contributed by atoms with Gasteiger partial charge in [0.05, 0.1) is 15.9 Å². The molecule has 2 bridgehead atoms. The first-order valence-electron chi connectivity index (χ1n) is 13.0. The molecule has 192 valence electrons. The molecule has 9 nitrogen and oxygen atoms in total. The highest BCUT2D eigenvalue weighted by Gasteiger charge is 2.73. The molecular weight excluding hydrogens is 478 g/mol. The second-order valence-electron chi connectivity index (χ2n) is 11.3. The van der Waals surface area contributed by atoms with Crippen LogP contribution in [0.1, 0.15) is 56.1 Å². The van der Waals surface area contributed by atoms with Crippen LogP contribution in [0.5, 0.6) is 17.2 Å². The predicted octanol–water partition coefficient (Wildman–Crippen LogP) is 4.65. The fourth-order valence-corrected chi connectivity index (χ4v) is 7.73. The number of ketones is 1. The predicted molar refractivity (Wildman–Crippen MR) is 129 cm³/mol. The molecular formula is C28H27NO8. The second kappa shape index (κ2) is 7.77. The average molecular weight is 506 g/mol. The molecule has 3 saturated carbocycles. The number of carbonyl (C=O) groups is 2. The van der Waals surface area contributed by atoms with Crippen LogP contribution in [0, 0.1) is 27.9 Å². The lowest BCUT2D eigenvalue weighted by Crippen LogP contribution is -2.71. The number of rotatable bonds is 5. The van der Waals surface area contributed by atoms with Crippen molar-refractivity contribution >= 4 is 17.6 Å². The summed E-state index contributed by atoms with van der Waals surface area (Å²) in [6, 6.07) is 8.68. The van der Waals surface area contributed by atoms with Gasteiger partial charge in [-0.05, 0) is 73.6 Å². The highest BCUT2D eigenvalue weighted by atomic mass is 16.7. The molecule has 1 heterocycles. The maximum Gasteiger partial charge on any atom is 0.519 e. The number of nitrogens with zero attached hydrogens (tertiary/aromatic N) is 1. The average Bonchev–Trinajstić information content (AvgIpc) is 3.61. The van der Waals surface area contributed by atoms with Crippen LogP contribution in [0.15, 0.2) is 36.4 Å². The van der Waals surface area contributed by atoms with E-state index in [-0.39, 0.29) is 35.3 Å². The zero-order valence-electron chi connectivity index (χ0n) is 20.2. The number of nitro groups is 1. The van der Waals surface area contributed by atoms with Crippen LogP contribution in [-0.2, 0) is 16.6 Å². The minimum atomic E-state index is -1.03. The Labute approximate surface area is 212 Å². The fraction of sp³-hybridized carbons (Fsp3) is 0.500.